The largest absolute Gasteiger partial charge is 0.508 e. The van der Waals surface area contributed by atoms with Crippen molar-refractivity contribution in [2.75, 3.05) is 6.54 Å². The van der Waals surface area contributed by atoms with Crippen LogP contribution in [0.1, 0.15) is 31.7 Å². The Morgan fingerprint density at radius 3 is 2.80 bits per heavy atom. The molecular formula is C18H23NO. The van der Waals surface area contributed by atoms with Gasteiger partial charge in [0, 0.05) is 12.1 Å². The van der Waals surface area contributed by atoms with Crippen LogP contribution in [0.2, 0.25) is 0 Å². The van der Waals surface area contributed by atoms with Crippen LogP contribution in [0.4, 0.5) is 0 Å². The lowest BCUT2D eigenvalue weighted by molar-refractivity contribution is 0.450. The van der Waals surface area contributed by atoms with Gasteiger partial charge >= 0.3 is 0 Å². The highest BCUT2D eigenvalue weighted by atomic mass is 16.3. The highest BCUT2D eigenvalue weighted by Crippen LogP contribution is 2.30. The first-order valence-electron chi connectivity index (χ1n) is 7.64. The van der Waals surface area contributed by atoms with Crippen molar-refractivity contribution < 1.29 is 5.11 Å². The van der Waals surface area contributed by atoms with E-state index in [0.717, 1.165) is 35.9 Å². The average Bonchev–Trinajstić information content (AvgIpc) is 2.87. The van der Waals surface area contributed by atoms with Crippen LogP contribution in [0.3, 0.4) is 0 Å². The SMILES string of the molecule is CC1CCC(CNCc2c(O)ccc3ccccc23)C1. The third-order valence-corrected chi connectivity index (χ3v) is 4.55. The van der Waals surface area contributed by atoms with Crippen molar-refractivity contribution in [3.05, 3.63) is 42.0 Å². The van der Waals surface area contributed by atoms with E-state index < -0.39 is 0 Å². The van der Waals surface area contributed by atoms with Gasteiger partial charge in [0.15, 0.2) is 0 Å². The van der Waals surface area contributed by atoms with Gasteiger partial charge in [-0.2, -0.15) is 0 Å². The van der Waals surface area contributed by atoms with Crippen molar-refractivity contribution in [1.82, 2.24) is 5.32 Å². The zero-order valence-corrected chi connectivity index (χ0v) is 12.1. The first kappa shape index (κ1) is 13.4. The van der Waals surface area contributed by atoms with Crippen molar-refractivity contribution in [1.29, 1.82) is 0 Å². The van der Waals surface area contributed by atoms with E-state index in [1.54, 1.807) is 6.07 Å². The summed E-state index contributed by atoms with van der Waals surface area (Å²) < 4.78 is 0. The predicted octanol–water partition coefficient (Wildman–Crippen LogP) is 4.07. The fourth-order valence-corrected chi connectivity index (χ4v) is 3.42. The molecule has 1 fully saturated rings. The molecule has 0 saturated heterocycles. The fraction of sp³-hybridized carbons (Fsp3) is 0.444. The van der Waals surface area contributed by atoms with Crippen LogP contribution < -0.4 is 5.32 Å². The highest BCUT2D eigenvalue weighted by Gasteiger charge is 2.20. The van der Waals surface area contributed by atoms with E-state index in [4.69, 9.17) is 0 Å². The van der Waals surface area contributed by atoms with E-state index in [9.17, 15) is 5.11 Å². The van der Waals surface area contributed by atoms with E-state index >= 15 is 0 Å². The molecule has 1 aliphatic carbocycles. The summed E-state index contributed by atoms with van der Waals surface area (Å²) in [6, 6.07) is 12.0. The maximum Gasteiger partial charge on any atom is 0.120 e. The van der Waals surface area contributed by atoms with E-state index in [-0.39, 0.29) is 0 Å². The Morgan fingerprint density at radius 2 is 2.00 bits per heavy atom. The van der Waals surface area contributed by atoms with Gasteiger partial charge in [-0.3, -0.25) is 0 Å². The van der Waals surface area contributed by atoms with Gasteiger partial charge in [0.1, 0.15) is 5.75 Å². The van der Waals surface area contributed by atoms with Crippen molar-refractivity contribution in [3.8, 4) is 5.75 Å². The number of benzene rings is 2. The molecule has 2 aromatic rings. The minimum absolute atomic E-state index is 0.399. The molecule has 0 heterocycles. The van der Waals surface area contributed by atoms with Gasteiger partial charge < -0.3 is 10.4 Å². The second kappa shape index (κ2) is 5.84. The lowest BCUT2D eigenvalue weighted by Crippen LogP contribution is -2.21. The summed E-state index contributed by atoms with van der Waals surface area (Å²) in [4.78, 5) is 0. The molecular weight excluding hydrogens is 246 g/mol. The Kier molecular flexibility index (Phi) is 3.93. The molecule has 0 spiro atoms. The van der Waals surface area contributed by atoms with Gasteiger partial charge in [0.2, 0.25) is 0 Å². The molecule has 2 heteroatoms. The first-order valence-corrected chi connectivity index (χ1v) is 7.64. The van der Waals surface area contributed by atoms with E-state index in [2.05, 4.69) is 24.4 Å². The number of phenolic OH excluding ortho intramolecular Hbond substituents is 1. The molecule has 0 bridgehead atoms. The molecule has 2 aromatic carbocycles. The Bertz CT molecular complexity index is 593. The number of aromatic hydroxyl groups is 1. The van der Waals surface area contributed by atoms with Gasteiger partial charge in [-0.25, -0.2) is 0 Å². The standard InChI is InChI=1S/C18H23NO/c1-13-6-7-14(10-13)11-19-12-17-16-5-3-2-4-15(16)8-9-18(17)20/h2-5,8-9,13-14,19-20H,6-7,10-12H2,1H3. The van der Waals surface area contributed by atoms with Crippen molar-refractivity contribution >= 4 is 10.8 Å². The summed E-state index contributed by atoms with van der Waals surface area (Å²) in [5, 5.41) is 16.0. The van der Waals surface area contributed by atoms with Gasteiger partial charge in [0.05, 0.1) is 0 Å². The van der Waals surface area contributed by atoms with Crippen LogP contribution in [0.25, 0.3) is 10.8 Å². The zero-order valence-electron chi connectivity index (χ0n) is 12.1. The third-order valence-electron chi connectivity index (χ3n) is 4.55. The van der Waals surface area contributed by atoms with Gasteiger partial charge in [-0.15, -0.1) is 0 Å². The first-order chi connectivity index (χ1) is 9.74. The van der Waals surface area contributed by atoms with Gasteiger partial charge in [-0.1, -0.05) is 43.7 Å². The van der Waals surface area contributed by atoms with E-state index in [1.807, 2.05) is 18.2 Å². The molecule has 0 amide bonds. The maximum absolute atomic E-state index is 10.1. The molecule has 2 atom stereocenters. The predicted molar refractivity (Wildman–Crippen MR) is 83.8 cm³/mol. The fourth-order valence-electron chi connectivity index (χ4n) is 3.42. The van der Waals surface area contributed by atoms with Crippen molar-refractivity contribution in [3.63, 3.8) is 0 Å². The average molecular weight is 269 g/mol. The monoisotopic (exact) mass is 269 g/mol. The number of fused-ring (bicyclic) bond motifs is 1. The summed E-state index contributed by atoms with van der Waals surface area (Å²) >= 11 is 0. The van der Waals surface area contributed by atoms with Gasteiger partial charge in [-0.05, 0) is 48.1 Å². The summed E-state index contributed by atoms with van der Waals surface area (Å²) in [5.41, 5.74) is 1.02. The molecule has 2 unspecified atom stereocenters. The third kappa shape index (κ3) is 2.80. The number of hydrogen-bond donors (Lipinski definition) is 2. The Hall–Kier alpha value is -1.54. The number of nitrogens with one attached hydrogen (secondary N) is 1. The molecule has 106 valence electrons. The van der Waals surface area contributed by atoms with Crippen molar-refractivity contribution in [2.24, 2.45) is 11.8 Å². The molecule has 1 aliphatic rings. The maximum atomic E-state index is 10.1. The number of phenols is 1. The molecule has 2 N–H and O–H groups in total. The summed E-state index contributed by atoms with van der Waals surface area (Å²) in [7, 11) is 0. The Morgan fingerprint density at radius 1 is 1.15 bits per heavy atom. The Labute approximate surface area is 120 Å². The summed E-state index contributed by atoms with van der Waals surface area (Å²) in [6.07, 6.45) is 4.05. The molecule has 2 nitrogen and oxygen atoms in total. The van der Waals surface area contributed by atoms with Crippen LogP contribution >= 0.6 is 0 Å². The van der Waals surface area contributed by atoms with Crippen LogP contribution in [0.5, 0.6) is 5.75 Å². The minimum Gasteiger partial charge on any atom is -0.508 e. The molecule has 0 aliphatic heterocycles. The molecule has 0 aromatic heterocycles. The van der Waals surface area contributed by atoms with Crippen LogP contribution in [-0.2, 0) is 6.54 Å². The zero-order chi connectivity index (χ0) is 13.9. The van der Waals surface area contributed by atoms with E-state index in [1.165, 1.54) is 24.6 Å². The molecule has 3 rings (SSSR count). The number of hydrogen-bond acceptors (Lipinski definition) is 2. The van der Waals surface area contributed by atoms with Gasteiger partial charge in [0.25, 0.3) is 0 Å². The molecule has 1 saturated carbocycles. The highest BCUT2D eigenvalue weighted by molar-refractivity contribution is 5.87. The second-order valence-corrected chi connectivity index (χ2v) is 6.20. The lowest BCUT2D eigenvalue weighted by atomic mass is 10.0. The smallest absolute Gasteiger partial charge is 0.120 e. The lowest BCUT2D eigenvalue weighted by Gasteiger charge is -2.13. The Balaban J connectivity index is 1.69. The van der Waals surface area contributed by atoms with Crippen LogP contribution in [0.15, 0.2) is 36.4 Å². The summed E-state index contributed by atoms with van der Waals surface area (Å²) in [5.74, 6) is 2.09. The minimum atomic E-state index is 0.399. The normalized spacial score (nSPS) is 22.4. The second-order valence-electron chi connectivity index (χ2n) is 6.20. The molecule has 20 heavy (non-hydrogen) atoms. The topological polar surface area (TPSA) is 32.3 Å². The quantitative estimate of drug-likeness (QED) is 0.877. The van der Waals surface area contributed by atoms with Crippen molar-refractivity contribution in [2.45, 2.75) is 32.7 Å². The van der Waals surface area contributed by atoms with Crippen LogP contribution in [-0.4, -0.2) is 11.7 Å². The molecule has 0 radical (unpaired) electrons. The number of rotatable bonds is 4. The summed E-state index contributed by atoms with van der Waals surface area (Å²) in [6.45, 7) is 4.15. The van der Waals surface area contributed by atoms with E-state index in [0.29, 0.717) is 5.75 Å². The van der Waals surface area contributed by atoms with Crippen LogP contribution in [0, 0.1) is 11.8 Å².